The second-order valence-corrected chi connectivity index (χ2v) is 6.40. The van der Waals surface area contributed by atoms with Crippen molar-refractivity contribution in [3.05, 3.63) is 24.4 Å². The van der Waals surface area contributed by atoms with E-state index in [-0.39, 0.29) is 12.2 Å². The maximum atomic E-state index is 12.1. The van der Waals surface area contributed by atoms with Crippen LogP contribution in [-0.2, 0) is 14.8 Å². The predicted molar refractivity (Wildman–Crippen MR) is 77.0 cm³/mol. The van der Waals surface area contributed by atoms with Crippen molar-refractivity contribution in [2.75, 3.05) is 4.72 Å². The summed E-state index contributed by atoms with van der Waals surface area (Å²) in [5, 5.41) is 7.66. The molecule has 0 spiro atoms. The van der Waals surface area contributed by atoms with Gasteiger partial charge in [-0.2, -0.15) is 0 Å². The first-order chi connectivity index (χ1) is 9.47. The van der Waals surface area contributed by atoms with Gasteiger partial charge in [0.15, 0.2) is 5.25 Å². The number of anilines is 1. The summed E-state index contributed by atoms with van der Waals surface area (Å²) in [6.07, 6.45) is 4.94. The van der Waals surface area contributed by atoms with Gasteiger partial charge in [-0.1, -0.05) is 38.7 Å². The Morgan fingerprint density at radius 3 is 2.65 bits per heavy atom. The van der Waals surface area contributed by atoms with Crippen molar-refractivity contribution in [2.45, 2.75) is 44.3 Å². The molecule has 1 unspecified atom stereocenters. The molecule has 0 radical (unpaired) electrons. The van der Waals surface area contributed by atoms with E-state index in [2.05, 4.69) is 9.71 Å². The van der Waals surface area contributed by atoms with E-state index in [1.165, 1.54) is 12.3 Å². The third-order valence-corrected chi connectivity index (χ3v) is 4.56. The average Bonchev–Trinajstić information content (AvgIpc) is 2.38. The Kier molecular flexibility index (Phi) is 6.44. The quantitative estimate of drug-likeness (QED) is 0.682. The molecule has 1 aromatic heterocycles. The monoisotopic (exact) mass is 300 g/mol. The van der Waals surface area contributed by atoms with Gasteiger partial charge in [0, 0.05) is 6.20 Å². The van der Waals surface area contributed by atoms with E-state index in [0.29, 0.717) is 6.42 Å². The lowest BCUT2D eigenvalue weighted by Crippen LogP contribution is -2.35. The first kappa shape index (κ1) is 16.4. The number of hydrogen-bond donors (Lipinski definition) is 2. The molecule has 112 valence electrons. The lowest BCUT2D eigenvalue weighted by molar-refractivity contribution is -0.136. The molecular weight excluding hydrogens is 280 g/mol. The molecule has 1 heterocycles. The third kappa shape index (κ3) is 5.16. The number of carboxylic acid groups (broad SMARTS) is 1. The van der Waals surface area contributed by atoms with Crippen LogP contribution in [0.15, 0.2) is 24.4 Å². The zero-order valence-corrected chi connectivity index (χ0v) is 12.3. The van der Waals surface area contributed by atoms with E-state index >= 15 is 0 Å². The van der Waals surface area contributed by atoms with Crippen LogP contribution >= 0.6 is 0 Å². The van der Waals surface area contributed by atoms with Crippen molar-refractivity contribution >= 4 is 21.8 Å². The van der Waals surface area contributed by atoms with Crippen molar-refractivity contribution in [3.8, 4) is 0 Å². The van der Waals surface area contributed by atoms with Crippen LogP contribution in [-0.4, -0.2) is 29.7 Å². The summed E-state index contributed by atoms with van der Waals surface area (Å²) < 4.78 is 26.4. The highest BCUT2D eigenvalue weighted by Gasteiger charge is 2.32. The summed E-state index contributed by atoms with van der Waals surface area (Å²) in [5.41, 5.74) is 0. The van der Waals surface area contributed by atoms with E-state index in [9.17, 15) is 13.2 Å². The Morgan fingerprint density at radius 2 is 2.10 bits per heavy atom. The summed E-state index contributed by atoms with van der Waals surface area (Å²) >= 11 is 0. The van der Waals surface area contributed by atoms with Crippen LogP contribution in [0.5, 0.6) is 0 Å². The smallest absolute Gasteiger partial charge is 0.323 e. The van der Waals surface area contributed by atoms with Crippen LogP contribution in [0.25, 0.3) is 0 Å². The van der Waals surface area contributed by atoms with Crippen molar-refractivity contribution < 1.29 is 18.3 Å². The van der Waals surface area contributed by atoms with Crippen LogP contribution in [0.3, 0.4) is 0 Å². The van der Waals surface area contributed by atoms with Gasteiger partial charge in [-0.15, -0.1) is 0 Å². The van der Waals surface area contributed by atoms with Gasteiger partial charge in [-0.25, -0.2) is 13.4 Å². The lowest BCUT2D eigenvalue weighted by atomic mass is 10.1. The fourth-order valence-electron chi connectivity index (χ4n) is 1.81. The lowest BCUT2D eigenvalue weighted by Gasteiger charge is -2.14. The largest absolute Gasteiger partial charge is 0.480 e. The van der Waals surface area contributed by atoms with E-state index < -0.39 is 21.2 Å². The molecule has 7 heteroatoms. The highest BCUT2D eigenvalue weighted by atomic mass is 32.2. The Balaban J connectivity index is 2.71. The Hall–Kier alpha value is -1.63. The molecular formula is C13H20N2O4S. The van der Waals surface area contributed by atoms with Gasteiger partial charge in [0.05, 0.1) is 0 Å². The molecule has 0 aliphatic rings. The maximum absolute atomic E-state index is 12.1. The molecule has 1 rings (SSSR count). The Bertz CT molecular complexity index is 516. The number of rotatable bonds is 9. The van der Waals surface area contributed by atoms with Crippen molar-refractivity contribution in [3.63, 3.8) is 0 Å². The topological polar surface area (TPSA) is 96.4 Å². The minimum absolute atomic E-state index is 0.109. The van der Waals surface area contributed by atoms with E-state index in [4.69, 9.17) is 5.11 Å². The Labute approximate surface area is 119 Å². The number of aromatic nitrogens is 1. The predicted octanol–water partition coefficient (Wildman–Crippen LogP) is 2.25. The number of pyridine rings is 1. The Morgan fingerprint density at radius 1 is 1.35 bits per heavy atom. The molecule has 2 N–H and O–H groups in total. The first-order valence-electron chi connectivity index (χ1n) is 6.63. The third-order valence-electron chi connectivity index (χ3n) is 2.88. The zero-order valence-electron chi connectivity index (χ0n) is 11.4. The van der Waals surface area contributed by atoms with Crippen molar-refractivity contribution in [1.82, 2.24) is 4.98 Å². The number of carboxylic acids is 1. The molecule has 0 aliphatic carbocycles. The molecule has 6 nitrogen and oxygen atoms in total. The highest BCUT2D eigenvalue weighted by molar-refractivity contribution is 7.94. The van der Waals surface area contributed by atoms with Gasteiger partial charge in [-0.05, 0) is 18.6 Å². The fraction of sp³-hybridized carbons (Fsp3) is 0.538. The van der Waals surface area contributed by atoms with Gasteiger partial charge >= 0.3 is 5.97 Å². The standard InChI is InChI=1S/C13H20N2O4S/c1-2-3-4-5-8-11(13(16)17)20(18,19)15-12-9-6-7-10-14-12/h6-7,9-11H,2-5,8H2,1H3,(H,14,15)(H,16,17). The van der Waals surface area contributed by atoms with Crippen LogP contribution in [0.2, 0.25) is 0 Å². The maximum Gasteiger partial charge on any atom is 0.323 e. The molecule has 0 saturated heterocycles. The molecule has 0 amide bonds. The molecule has 0 saturated carbocycles. The van der Waals surface area contributed by atoms with Crippen LogP contribution in [0.1, 0.15) is 39.0 Å². The minimum atomic E-state index is -3.97. The average molecular weight is 300 g/mol. The van der Waals surface area contributed by atoms with Crippen LogP contribution in [0, 0.1) is 0 Å². The second kappa shape index (κ2) is 7.84. The summed E-state index contributed by atoms with van der Waals surface area (Å²) in [6, 6.07) is 4.76. The SMILES string of the molecule is CCCCCCC(C(=O)O)S(=O)(=O)Nc1ccccn1. The van der Waals surface area contributed by atoms with Crippen LogP contribution in [0.4, 0.5) is 5.82 Å². The number of nitrogens with one attached hydrogen (secondary N) is 1. The molecule has 20 heavy (non-hydrogen) atoms. The minimum Gasteiger partial charge on any atom is -0.480 e. The van der Waals surface area contributed by atoms with Crippen molar-refractivity contribution in [2.24, 2.45) is 0 Å². The van der Waals surface area contributed by atoms with Gasteiger partial charge in [-0.3, -0.25) is 9.52 Å². The van der Waals surface area contributed by atoms with Gasteiger partial charge < -0.3 is 5.11 Å². The summed E-state index contributed by atoms with van der Waals surface area (Å²) in [6.45, 7) is 2.04. The molecule has 0 aliphatic heterocycles. The summed E-state index contributed by atoms with van der Waals surface area (Å²) in [4.78, 5) is 15.0. The zero-order chi connectivity index (χ0) is 15.0. The number of sulfonamides is 1. The normalized spacial score (nSPS) is 12.8. The fourth-order valence-corrected chi connectivity index (χ4v) is 3.10. The molecule has 0 bridgehead atoms. The molecule has 1 aromatic rings. The number of hydrogen-bond acceptors (Lipinski definition) is 4. The van der Waals surface area contributed by atoms with Crippen molar-refractivity contribution in [1.29, 1.82) is 0 Å². The van der Waals surface area contributed by atoms with E-state index in [1.807, 2.05) is 6.92 Å². The molecule has 0 aromatic carbocycles. The second-order valence-electron chi connectivity index (χ2n) is 4.54. The highest BCUT2D eigenvalue weighted by Crippen LogP contribution is 2.15. The first-order valence-corrected chi connectivity index (χ1v) is 8.17. The molecule has 1 atom stereocenters. The summed E-state index contributed by atoms with van der Waals surface area (Å²) in [5.74, 6) is -1.20. The van der Waals surface area contributed by atoms with Gasteiger partial charge in [0.1, 0.15) is 5.82 Å². The number of aliphatic carboxylic acids is 1. The number of unbranched alkanes of at least 4 members (excludes halogenated alkanes) is 3. The van der Waals surface area contributed by atoms with E-state index in [0.717, 1.165) is 19.3 Å². The van der Waals surface area contributed by atoms with Crippen LogP contribution < -0.4 is 4.72 Å². The number of nitrogens with zero attached hydrogens (tertiary/aromatic N) is 1. The van der Waals surface area contributed by atoms with Gasteiger partial charge in [0.2, 0.25) is 10.0 Å². The van der Waals surface area contributed by atoms with E-state index in [1.54, 1.807) is 12.1 Å². The number of carbonyl (C=O) groups is 1. The summed E-state index contributed by atoms with van der Waals surface area (Å²) in [7, 11) is -3.97. The van der Waals surface area contributed by atoms with Gasteiger partial charge in [0.25, 0.3) is 0 Å². The molecule has 0 fully saturated rings.